The summed E-state index contributed by atoms with van der Waals surface area (Å²) in [5, 5.41) is 0. The molecule has 1 saturated carbocycles. The summed E-state index contributed by atoms with van der Waals surface area (Å²) in [4.78, 5) is 18.4. The predicted molar refractivity (Wildman–Crippen MR) is 164 cm³/mol. The van der Waals surface area contributed by atoms with Crippen LogP contribution in [0.3, 0.4) is 0 Å². The Kier molecular flexibility index (Phi) is 7.06. The zero-order chi connectivity index (χ0) is 29.6. The largest absolute Gasteiger partial charge is 0.454 e. The molecular weight excluding hydrogens is 560 g/mol. The maximum absolute atomic E-state index is 13.6. The molecule has 1 aliphatic carbocycles. The van der Waals surface area contributed by atoms with E-state index in [1.165, 1.54) is 0 Å². The number of piperidine rings is 1. The number of Topliss-reactive ketones (excluding diaryl/α,β-unsaturated/α-hetero) is 1. The summed E-state index contributed by atoms with van der Waals surface area (Å²) >= 11 is 0. The first-order chi connectivity index (χ1) is 20.8. The van der Waals surface area contributed by atoms with Gasteiger partial charge in [-0.25, -0.2) is 8.42 Å². The zero-order valence-electron chi connectivity index (χ0n) is 24.2. The molecule has 4 aromatic rings. The van der Waals surface area contributed by atoms with E-state index in [1.807, 2.05) is 67.6 Å². The molecule has 43 heavy (non-hydrogen) atoms. The summed E-state index contributed by atoms with van der Waals surface area (Å²) in [5.74, 6) is 1.91. The molecule has 0 unspecified atom stereocenters. The Balaban J connectivity index is 1.05. The number of carbonyl (C=O) groups excluding carboxylic acids is 1. The van der Waals surface area contributed by atoms with Crippen LogP contribution in [0.4, 0.5) is 0 Å². The summed E-state index contributed by atoms with van der Waals surface area (Å²) in [5.41, 5.74) is 5.50. The molecule has 0 atom stereocenters. The molecule has 0 bridgehead atoms. The number of aryl methyl sites for hydroxylation is 1. The first kappa shape index (κ1) is 27.8. The third-order valence-corrected chi connectivity index (χ3v) is 11.2. The standard InChI is InChI=1S/C35H34N2O5S/c1-24-5-6-25(21-34(38)35(15-16-35)28-9-12-32-33(22-28)42-23-41-32)20-30(24)26-7-10-29(11-8-26)43(39,40)37-18-13-27(14-19-37)31-4-2-3-17-36-31/h2-12,17,20,22,27H,13-16,18-19,21,23H2,1H3. The maximum Gasteiger partial charge on any atom is 0.243 e. The lowest BCUT2D eigenvalue weighted by Gasteiger charge is -2.31. The highest BCUT2D eigenvalue weighted by Crippen LogP contribution is 2.51. The minimum absolute atomic E-state index is 0.203. The molecule has 3 aliphatic rings. The molecule has 3 aromatic carbocycles. The van der Waals surface area contributed by atoms with Crippen LogP contribution in [0.1, 0.15) is 54.0 Å². The number of fused-ring (bicyclic) bond motifs is 1. The molecule has 1 aromatic heterocycles. The number of aromatic nitrogens is 1. The van der Waals surface area contributed by atoms with Gasteiger partial charge in [-0.3, -0.25) is 9.78 Å². The fourth-order valence-corrected chi connectivity index (χ4v) is 7.93. The Hall–Kier alpha value is -4.01. The second kappa shape index (κ2) is 10.9. The highest BCUT2D eigenvalue weighted by atomic mass is 32.2. The first-order valence-electron chi connectivity index (χ1n) is 14.9. The minimum Gasteiger partial charge on any atom is -0.454 e. The van der Waals surface area contributed by atoms with Crippen molar-refractivity contribution < 1.29 is 22.7 Å². The Morgan fingerprint density at radius 2 is 1.70 bits per heavy atom. The number of carbonyl (C=O) groups is 1. The lowest BCUT2D eigenvalue weighted by Crippen LogP contribution is -2.38. The average Bonchev–Trinajstić information content (AvgIpc) is 3.73. The predicted octanol–water partition coefficient (Wildman–Crippen LogP) is 6.20. The summed E-state index contributed by atoms with van der Waals surface area (Å²) in [6.07, 6.45) is 5.31. The van der Waals surface area contributed by atoms with Gasteiger partial charge in [0.05, 0.1) is 10.3 Å². The van der Waals surface area contributed by atoms with Crippen LogP contribution in [0.15, 0.2) is 90.0 Å². The number of hydrogen-bond donors (Lipinski definition) is 0. The lowest BCUT2D eigenvalue weighted by atomic mass is 9.87. The highest BCUT2D eigenvalue weighted by molar-refractivity contribution is 7.89. The second-order valence-electron chi connectivity index (χ2n) is 11.9. The van der Waals surface area contributed by atoms with Gasteiger partial charge in [0.15, 0.2) is 11.5 Å². The van der Waals surface area contributed by atoms with Crippen LogP contribution >= 0.6 is 0 Å². The Morgan fingerprint density at radius 3 is 2.42 bits per heavy atom. The molecule has 8 heteroatoms. The number of sulfonamides is 1. The van der Waals surface area contributed by atoms with Gasteiger partial charge < -0.3 is 9.47 Å². The number of ether oxygens (including phenoxy) is 2. The van der Waals surface area contributed by atoms with E-state index in [0.29, 0.717) is 30.2 Å². The van der Waals surface area contributed by atoms with Crippen molar-refractivity contribution in [3.05, 3.63) is 107 Å². The molecule has 220 valence electrons. The summed E-state index contributed by atoms with van der Waals surface area (Å²) < 4.78 is 39.5. The summed E-state index contributed by atoms with van der Waals surface area (Å²) in [6, 6.07) is 25.0. The van der Waals surface area contributed by atoms with Gasteiger partial charge in [0.2, 0.25) is 16.8 Å². The van der Waals surface area contributed by atoms with Crippen LogP contribution in [0.25, 0.3) is 11.1 Å². The van der Waals surface area contributed by atoms with E-state index in [9.17, 15) is 13.2 Å². The lowest BCUT2D eigenvalue weighted by molar-refractivity contribution is -0.120. The van der Waals surface area contributed by atoms with Gasteiger partial charge in [0.1, 0.15) is 5.78 Å². The molecule has 0 amide bonds. The van der Waals surface area contributed by atoms with Crippen molar-refractivity contribution in [1.82, 2.24) is 9.29 Å². The summed E-state index contributed by atoms with van der Waals surface area (Å²) in [7, 11) is -3.59. The van der Waals surface area contributed by atoms with E-state index < -0.39 is 15.4 Å². The van der Waals surface area contributed by atoms with E-state index in [4.69, 9.17) is 9.47 Å². The van der Waals surface area contributed by atoms with Gasteiger partial charge in [0.25, 0.3) is 0 Å². The Labute approximate surface area is 252 Å². The van der Waals surface area contributed by atoms with Crippen molar-refractivity contribution in [2.24, 2.45) is 0 Å². The minimum atomic E-state index is -3.59. The number of benzene rings is 3. The molecule has 0 spiro atoms. The van der Waals surface area contributed by atoms with Gasteiger partial charge in [-0.2, -0.15) is 4.31 Å². The quantitative estimate of drug-likeness (QED) is 0.242. The molecule has 2 aliphatic heterocycles. The van der Waals surface area contributed by atoms with Gasteiger partial charge >= 0.3 is 0 Å². The van der Waals surface area contributed by atoms with Crippen LogP contribution in [0.2, 0.25) is 0 Å². The van der Waals surface area contributed by atoms with Gasteiger partial charge in [-0.1, -0.05) is 42.5 Å². The second-order valence-corrected chi connectivity index (χ2v) is 13.8. The molecule has 3 heterocycles. The zero-order valence-corrected chi connectivity index (χ0v) is 25.0. The number of pyridine rings is 1. The van der Waals surface area contributed by atoms with Crippen molar-refractivity contribution >= 4 is 15.8 Å². The van der Waals surface area contributed by atoms with Crippen LogP contribution < -0.4 is 9.47 Å². The van der Waals surface area contributed by atoms with E-state index >= 15 is 0 Å². The Morgan fingerprint density at radius 1 is 0.930 bits per heavy atom. The third kappa shape index (κ3) is 5.23. The van der Waals surface area contributed by atoms with Crippen LogP contribution in [-0.4, -0.2) is 43.4 Å². The molecule has 0 N–H and O–H groups in total. The number of hydrogen-bond acceptors (Lipinski definition) is 6. The number of ketones is 1. The number of nitrogens with zero attached hydrogens (tertiary/aromatic N) is 2. The third-order valence-electron chi connectivity index (χ3n) is 9.24. The highest BCUT2D eigenvalue weighted by Gasteiger charge is 2.50. The van der Waals surface area contributed by atoms with Gasteiger partial charge in [-0.05, 0) is 96.8 Å². The fourth-order valence-electron chi connectivity index (χ4n) is 6.46. The molecular formula is C35H34N2O5S. The topological polar surface area (TPSA) is 85.8 Å². The first-order valence-corrected chi connectivity index (χ1v) is 16.3. The monoisotopic (exact) mass is 594 g/mol. The van der Waals surface area contributed by atoms with Crippen LogP contribution in [0.5, 0.6) is 11.5 Å². The smallest absolute Gasteiger partial charge is 0.243 e. The molecule has 7 rings (SSSR count). The van der Waals surface area contributed by atoms with Crippen molar-refractivity contribution in [2.45, 2.75) is 55.3 Å². The van der Waals surface area contributed by atoms with E-state index in [2.05, 4.69) is 11.1 Å². The maximum atomic E-state index is 13.6. The molecule has 1 saturated heterocycles. The van der Waals surface area contributed by atoms with Crippen molar-refractivity contribution in [3.8, 4) is 22.6 Å². The van der Waals surface area contributed by atoms with Crippen LogP contribution in [-0.2, 0) is 26.7 Å². The van der Waals surface area contributed by atoms with Crippen molar-refractivity contribution in [3.63, 3.8) is 0 Å². The molecule has 0 radical (unpaired) electrons. The van der Waals surface area contributed by atoms with Crippen molar-refractivity contribution in [2.75, 3.05) is 19.9 Å². The average molecular weight is 595 g/mol. The molecule has 7 nitrogen and oxygen atoms in total. The number of rotatable bonds is 8. The van der Waals surface area contributed by atoms with E-state index in [0.717, 1.165) is 64.9 Å². The van der Waals surface area contributed by atoms with Crippen LogP contribution in [0, 0.1) is 6.92 Å². The summed E-state index contributed by atoms with van der Waals surface area (Å²) in [6.45, 7) is 3.21. The van der Waals surface area contributed by atoms with Gasteiger partial charge in [0, 0.05) is 37.3 Å². The molecule has 2 fully saturated rings. The van der Waals surface area contributed by atoms with Crippen molar-refractivity contribution in [1.29, 1.82) is 0 Å². The van der Waals surface area contributed by atoms with E-state index in [1.54, 1.807) is 22.6 Å². The SMILES string of the molecule is Cc1ccc(CC(=O)C2(c3ccc4c(c3)OCO4)CC2)cc1-c1ccc(S(=O)(=O)N2CCC(c3ccccn3)CC2)cc1. The fraction of sp³-hybridized carbons (Fsp3) is 0.314. The van der Waals surface area contributed by atoms with E-state index in [-0.39, 0.29) is 18.5 Å². The van der Waals surface area contributed by atoms with Gasteiger partial charge in [-0.15, -0.1) is 0 Å². The normalized spacial score (nSPS) is 18.0. The Bertz CT molecular complexity index is 1780.